The minimum Gasteiger partial charge on any atom is -0.493 e. The predicted molar refractivity (Wildman–Crippen MR) is 84.3 cm³/mol. The number of methoxy groups -OCH3 is 2. The Balaban J connectivity index is 2.48. The highest BCUT2D eigenvalue weighted by Gasteiger charge is 2.13. The van der Waals surface area contributed by atoms with E-state index < -0.39 is 0 Å². The molecule has 0 fully saturated rings. The van der Waals surface area contributed by atoms with Crippen molar-refractivity contribution in [1.29, 1.82) is 0 Å². The fourth-order valence-electron chi connectivity index (χ4n) is 2.40. The number of hydrogen-bond donors (Lipinski definition) is 0. The van der Waals surface area contributed by atoms with Gasteiger partial charge in [0.15, 0.2) is 11.5 Å². The van der Waals surface area contributed by atoms with Crippen molar-refractivity contribution >= 4 is 16.7 Å². The summed E-state index contributed by atoms with van der Waals surface area (Å²) in [6, 6.07) is 9.51. The Labute approximate surface area is 125 Å². The summed E-state index contributed by atoms with van der Waals surface area (Å²) in [7, 11) is 3.22. The number of hydrogen-bond acceptors (Lipinski definition) is 3. The first kappa shape index (κ1) is 15.2. The molecule has 2 aromatic carbocycles. The van der Waals surface area contributed by atoms with Crippen molar-refractivity contribution in [2.24, 2.45) is 0 Å². The van der Waals surface area contributed by atoms with Gasteiger partial charge in [-0.2, -0.15) is 0 Å². The third kappa shape index (κ3) is 2.94. The van der Waals surface area contributed by atoms with Gasteiger partial charge in [-0.1, -0.05) is 6.07 Å². The molecular formula is C17H21NO3. The number of carbonyl (C=O) groups is 1. The van der Waals surface area contributed by atoms with Crippen LogP contribution < -0.4 is 9.47 Å². The lowest BCUT2D eigenvalue weighted by atomic mass is 10.1. The minimum atomic E-state index is 0.0525. The molecule has 0 atom stereocenters. The first-order valence-corrected chi connectivity index (χ1v) is 7.09. The van der Waals surface area contributed by atoms with Gasteiger partial charge in [-0.25, -0.2) is 0 Å². The van der Waals surface area contributed by atoms with Crippen LogP contribution in [-0.4, -0.2) is 38.1 Å². The maximum absolute atomic E-state index is 12.4. The summed E-state index contributed by atoms with van der Waals surface area (Å²) in [6.07, 6.45) is 0. The summed E-state index contributed by atoms with van der Waals surface area (Å²) in [6.45, 7) is 5.38. The molecule has 2 rings (SSSR count). The quantitative estimate of drug-likeness (QED) is 0.846. The van der Waals surface area contributed by atoms with E-state index >= 15 is 0 Å². The molecular weight excluding hydrogens is 266 g/mol. The van der Waals surface area contributed by atoms with Crippen LogP contribution in [0.3, 0.4) is 0 Å². The molecule has 0 heterocycles. The highest BCUT2D eigenvalue weighted by atomic mass is 16.5. The zero-order chi connectivity index (χ0) is 15.4. The molecule has 0 aliphatic rings. The normalized spacial score (nSPS) is 10.5. The van der Waals surface area contributed by atoms with E-state index in [4.69, 9.17) is 9.47 Å². The van der Waals surface area contributed by atoms with Gasteiger partial charge in [-0.05, 0) is 48.9 Å². The molecule has 0 aromatic heterocycles. The van der Waals surface area contributed by atoms with E-state index in [2.05, 4.69) is 0 Å². The Morgan fingerprint density at radius 2 is 1.52 bits per heavy atom. The fourth-order valence-corrected chi connectivity index (χ4v) is 2.40. The van der Waals surface area contributed by atoms with E-state index in [-0.39, 0.29) is 5.91 Å². The Morgan fingerprint density at radius 3 is 2.05 bits per heavy atom. The molecule has 0 N–H and O–H groups in total. The molecule has 1 amide bonds. The Bertz CT molecular complexity index is 648. The van der Waals surface area contributed by atoms with Crippen molar-refractivity contribution in [2.75, 3.05) is 27.3 Å². The van der Waals surface area contributed by atoms with Gasteiger partial charge in [-0.3, -0.25) is 4.79 Å². The van der Waals surface area contributed by atoms with Crippen LogP contribution in [0.5, 0.6) is 11.5 Å². The standard InChI is InChI=1S/C17H21NO3/c1-5-18(6-2)17(19)13-8-7-12-10-15(20-3)16(21-4)11-14(12)9-13/h7-11H,5-6H2,1-4H3. The number of ether oxygens (including phenoxy) is 2. The van der Waals surface area contributed by atoms with Crippen molar-refractivity contribution in [1.82, 2.24) is 4.90 Å². The van der Waals surface area contributed by atoms with Crippen LogP contribution in [0, 0.1) is 0 Å². The maximum atomic E-state index is 12.4. The number of carbonyl (C=O) groups excluding carboxylic acids is 1. The molecule has 4 nitrogen and oxygen atoms in total. The molecule has 0 unspecified atom stereocenters. The van der Waals surface area contributed by atoms with Crippen LogP contribution in [0.25, 0.3) is 10.8 Å². The summed E-state index contributed by atoms with van der Waals surface area (Å²) in [5.41, 5.74) is 0.693. The average Bonchev–Trinajstić information content (AvgIpc) is 2.53. The lowest BCUT2D eigenvalue weighted by Gasteiger charge is -2.19. The van der Waals surface area contributed by atoms with Crippen LogP contribution in [0.4, 0.5) is 0 Å². The van der Waals surface area contributed by atoms with Gasteiger partial charge < -0.3 is 14.4 Å². The molecule has 2 aromatic rings. The van der Waals surface area contributed by atoms with Crippen LogP contribution >= 0.6 is 0 Å². The average molecular weight is 287 g/mol. The van der Waals surface area contributed by atoms with Crippen molar-refractivity contribution in [3.8, 4) is 11.5 Å². The van der Waals surface area contributed by atoms with E-state index in [1.165, 1.54) is 0 Å². The molecule has 112 valence electrons. The smallest absolute Gasteiger partial charge is 0.253 e. The van der Waals surface area contributed by atoms with Gasteiger partial charge in [-0.15, -0.1) is 0 Å². The molecule has 0 saturated heterocycles. The SMILES string of the molecule is CCN(CC)C(=O)c1ccc2cc(OC)c(OC)cc2c1. The first-order valence-electron chi connectivity index (χ1n) is 7.09. The van der Waals surface area contributed by atoms with Crippen molar-refractivity contribution in [3.63, 3.8) is 0 Å². The molecule has 0 spiro atoms. The minimum absolute atomic E-state index is 0.0525. The highest BCUT2D eigenvalue weighted by molar-refractivity contribution is 5.99. The van der Waals surface area contributed by atoms with Gasteiger partial charge in [0, 0.05) is 18.7 Å². The summed E-state index contributed by atoms with van der Waals surface area (Å²) in [5.74, 6) is 1.40. The van der Waals surface area contributed by atoms with Gasteiger partial charge in [0.05, 0.1) is 14.2 Å². The molecule has 0 bridgehead atoms. The van der Waals surface area contributed by atoms with E-state index in [9.17, 15) is 4.79 Å². The molecule has 0 saturated carbocycles. The number of rotatable bonds is 5. The predicted octanol–water partition coefficient (Wildman–Crippen LogP) is 3.34. The largest absolute Gasteiger partial charge is 0.493 e. The van der Waals surface area contributed by atoms with Crippen LogP contribution in [0.2, 0.25) is 0 Å². The second-order valence-electron chi connectivity index (χ2n) is 4.75. The Hall–Kier alpha value is -2.23. The number of fused-ring (bicyclic) bond motifs is 1. The summed E-state index contributed by atoms with van der Waals surface area (Å²) >= 11 is 0. The Morgan fingerprint density at radius 1 is 0.952 bits per heavy atom. The van der Waals surface area contributed by atoms with Gasteiger partial charge in [0.2, 0.25) is 0 Å². The lowest BCUT2D eigenvalue weighted by molar-refractivity contribution is 0.0773. The zero-order valence-corrected chi connectivity index (χ0v) is 13.0. The monoisotopic (exact) mass is 287 g/mol. The van der Waals surface area contributed by atoms with Gasteiger partial charge >= 0.3 is 0 Å². The summed E-state index contributed by atoms with van der Waals surface area (Å²) in [5, 5.41) is 1.98. The number of amides is 1. The van der Waals surface area contributed by atoms with Gasteiger partial charge in [0.25, 0.3) is 5.91 Å². The van der Waals surface area contributed by atoms with E-state index in [0.717, 1.165) is 10.8 Å². The second kappa shape index (κ2) is 6.48. The van der Waals surface area contributed by atoms with Crippen molar-refractivity contribution < 1.29 is 14.3 Å². The van der Waals surface area contributed by atoms with Crippen LogP contribution in [0.1, 0.15) is 24.2 Å². The van der Waals surface area contributed by atoms with Crippen molar-refractivity contribution in [2.45, 2.75) is 13.8 Å². The fraction of sp³-hybridized carbons (Fsp3) is 0.353. The first-order chi connectivity index (χ1) is 10.1. The molecule has 0 aliphatic carbocycles. The van der Waals surface area contributed by atoms with E-state index in [1.807, 2.05) is 49.1 Å². The van der Waals surface area contributed by atoms with Crippen LogP contribution in [0.15, 0.2) is 30.3 Å². The second-order valence-corrected chi connectivity index (χ2v) is 4.75. The summed E-state index contributed by atoms with van der Waals surface area (Å²) in [4.78, 5) is 14.2. The van der Waals surface area contributed by atoms with Crippen molar-refractivity contribution in [3.05, 3.63) is 35.9 Å². The summed E-state index contributed by atoms with van der Waals surface area (Å²) < 4.78 is 10.6. The molecule has 0 radical (unpaired) electrons. The molecule has 4 heteroatoms. The third-order valence-electron chi connectivity index (χ3n) is 3.64. The highest BCUT2D eigenvalue weighted by Crippen LogP contribution is 2.32. The lowest BCUT2D eigenvalue weighted by Crippen LogP contribution is -2.30. The van der Waals surface area contributed by atoms with E-state index in [1.54, 1.807) is 14.2 Å². The van der Waals surface area contributed by atoms with Crippen LogP contribution in [-0.2, 0) is 0 Å². The van der Waals surface area contributed by atoms with Gasteiger partial charge in [0.1, 0.15) is 0 Å². The maximum Gasteiger partial charge on any atom is 0.253 e. The molecule has 21 heavy (non-hydrogen) atoms. The number of benzene rings is 2. The zero-order valence-electron chi connectivity index (χ0n) is 13.0. The topological polar surface area (TPSA) is 38.8 Å². The third-order valence-corrected chi connectivity index (χ3v) is 3.64. The number of nitrogens with zero attached hydrogens (tertiary/aromatic N) is 1. The van der Waals surface area contributed by atoms with E-state index in [0.29, 0.717) is 30.2 Å². The molecule has 0 aliphatic heterocycles. The Kier molecular flexibility index (Phi) is 4.68.